The van der Waals surface area contributed by atoms with Crippen LogP contribution in [0, 0.1) is 10.7 Å². The number of thioether (sulfide) groups is 1. The van der Waals surface area contributed by atoms with E-state index in [1.54, 1.807) is 11.0 Å². The molecule has 2 aromatic rings. The van der Waals surface area contributed by atoms with Gasteiger partial charge in [-0.15, -0.1) is 0 Å². The van der Waals surface area contributed by atoms with Gasteiger partial charge in [0.05, 0.1) is 12.0 Å². The number of benzene rings is 2. The van der Waals surface area contributed by atoms with E-state index in [9.17, 15) is 14.4 Å². The number of nitrogens with zero attached hydrogens (tertiary/aromatic N) is 2. The summed E-state index contributed by atoms with van der Waals surface area (Å²) in [5.41, 5.74) is 1.89. The summed E-state index contributed by atoms with van der Waals surface area (Å²) in [6, 6.07) is 12.0. The Balaban J connectivity index is 1.45. The molecular weight excluding hydrogens is 781 g/mol. The van der Waals surface area contributed by atoms with Gasteiger partial charge in [-0.05, 0) is 134 Å². The summed E-state index contributed by atoms with van der Waals surface area (Å²) in [7, 11) is 0. The average molecular weight is 800 g/mol. The smallest absolute Gasteiger partial charge is 0.294 e. The van der Waals surface area contributed by atoms with Crippen molar-refractivity contribution in [3.05, 3.63) is 63.1 Å². The van der Waals surface area contributed by atoms with Gasteiger partial charge in [-0.2, -0.15) is 0 Å². The van der Waals surface area contributed by atoms with Gasteiger partial charge in [-0.25, -0.2) is 0 Å². The molecule has 6 nitrogen and oxygen atoms in total. The number of halogens is 3. The Hall–Kier alpha value is -0.870. The van der Waals surface area contributed by atoms with Crippen LogP contribution in [0.25, 0.3) is 6.08 Å². The zero-order valence-electron chi connectivity index (χ0n) is 17.4. The average Bonchev–Trinajstić information content (AvgIpc) is 3.39. The largest absolute Gasteiger partial charge is 0.487 e. The normalized spacial score (nSPS) is 17.4. The minimum absolute atomic E-state index is 0.172. The molecule has 0 saturated carbocycles. The third-order valence-electron chi connectivity index (χ3n) is 5.24. The molecular formula is C23H19I3N2O4S. The maximum Gasteiger partial charge on any atom is 0.294 e. The molecule has 0 atom stereocenters. The van der Waals surface area contributed by atoms with Gasteiger partial charge < -0.3 is 9.64 Å². The Bertz CT molecular complexity index is 1110. The third kappa shape index (κ3) is 6.23. The molecule has 0 bridgehead atoms. The molecule has 10 heteroatoms. The first-order valence-electron chi connectivity index (χ1n) is 10.2. The van der Waals surface area contributed by atoms with E-state index < -0.39 is 11.1 Å². The Morgan fingerprint density at radius 3 is 2.30 bits per heavy atom. The van der Waals surface area contributed by atoms with Crippen LogP contribution >= 0.6 is 79.5 Å². The fourth-order valence-electron chi connectivity index (χ4n) is 3.53. The van der Waals surface area contributed by atoms with Crippen molar-refractivity contribution in [1.82, 2.24) is 9.80 Å². The van der Waals surface area contributed by atoms with E-state index in [1.807, 2.05) is 36.4 Å². The lowest BCUT2D eigenvalue weighted by Crippen LogP contribution is -2.40. The van der Waals surface area contributed by atoms with E-state index in [2.05, 4.69) is 67.8 Å². The molecule has 0 spiro atoms. The summed E-state index contributed by atoms with van der Waals surface area (Å²) in [5, 5.41) is -0.402. The minimum atomic E-state index is -0.415. The van der Waals surface area contributed by atoms with Crippen LogP contribution in [0.5, 0.6) is 5.75 Å². The topological polar surface area (TPSA) is 66.9 Å². The van der Waals surface area contributed by atoms with Crippen LogP contribution in [0.15, 0.2) is 41.3 Å². The van der Waals surface area contributed by atoms with Crippen molar-refractivity contribution in [3.63, 3.8) is 0 Å². The van der Waals surface area contributed by atoms with E-state index in [0.717, 1.165) is 53.5 Å². The molecule has 0 N–H and O–H groups in total. The second-order valence-corrected chi connectivity index (χ2v) is 12.1. The fraction of sp³-hybridized carbons (Fsp3) is 0.261. The maximum atomic E-state index is 12.8. The molecule has 33 heavy (non-hydrogen) atoms. The van der Waals surface area contributed by atoms with Crippen LogP contribution in [-0.4, -0.2) is 46.5 Å². The molecule has 2 aromatic carbocycles. The van der Waals surface area contributed by atoms with Crippen LogP contribution in [-0.2, 0) is 16.2 Å². The Morgan fingerprint density at radius 2 is 1.67 bits per heavy atom. The first-order chi connectivity index (χ1) is 15.8. The highest BCUT2D eigenvalue weighted by Crippen LogP contribution is 2.35. The molecule has 3 amide bonds. The van der Waals surface area contributed by atoms with Gasteiger partial charge in [0.1, 0.15) is 18.9 Å². The third-order valence-corrected chi connectivity index (χ3v) is 8.47. The maximum absolute atomic E-state index is 12.8. The predicted octanol–water partition coefficient (Wildman–Crippen LogP) is 5.74. The minimum Gasteiger partial charge on any atom is -0.487 e. The summed E-state index contributed by atoms with van der Waals surface area (Å²) < 4.78 is 9.06. The van der Waals surface area contributed by atoms with Crippen molar-refractivity contribution in [2.24, 2.45) is 0 Å². The number of hydrogen-bond donors (Lipinski definition) is 0. The summed E-state index contributed by atoms with van der Waals surface area (Å²) in [6.07, 6.45) is 3.64. The van der Waals surface area contributed by atoms with E-state index in [-0.39, 0.29) is 12.5 Å². The first kappa shape index (κ1) is 25.2. The molecule has 4 rings (SSSR count). The van der Waals surface area contributed by atoms with E-state index in [0.29, 0.717) is 24.6 Å². The SMILES string of the molecule is O=C(CN1C(=O)S/C(=C/c2cc(I)c(OCc3ccc(I)cc3)c(I)c2)C1=O)N1CCCC1. The van der Waals surface area contributed by atoms with Crippen molar-refractivity contribution in [3.8, 4) is 5.75 Å². The molecule has 2 fully saturated rings. The molecule has 2 saturated heterocycles. The number of imide groups is 1. The Kier molecular flexibility index (Phi) is 8.60. The van der Waals surface area contributed by atoms with Gasteiger partial charge in [-0.1, -0.05) is 12.1 Å². The highest BCUT2D eigenvalue weighted by atomic mass is 127. The summed E-state index contributed by atoms with van der Waals surface area (Å²) in [4.78, 5) is 40.7. The zero-order chi connectivity index (χ0) is 23.5. The van der Waals surface area contributed by atoms with Crippen molar-refractivity contribution in [2.75, 3.05) is 19.6 Å². The van der Waals surface area contributed by atoms with Gasteiger partial charge in [-0.3, -0.25) is 19.3 Å². The van der Waals surface area contributed by atoms with Gasteiger partial charge in [0, 0.05) is 16.7 Å². The monoisotopic (exact) mass is 800 g/mol. The quantitative estimate of drug-likeness (QED) is 0.276. The number of carbonyl (C=O) groups excluding carboxylic acids is 3. The summed E-state index contributed by atoms with van der Waals surface area (Å²) in [5.74, 6) is 0.201. The van der Waals surface area contributed by atoms with Crippen LogP contribution in [0.4, 0.5) is 4.79 Å². The van der Waals surface area contributed by atoms with Crippen LogP contribution in [0.1, 0.15) is 24.0 Å². The Labute approximate surface area is 237 Å². The van der Waals surface area contributed by atoms with Crippen LogP contribution in [0.3, 0.4) is 0 Å². The highest BCUT2D eigenvalue weighted by molar-refractivity contribution is 14.1. The van der Waals surface area contributed by atoms with Crippen molar-refractivity contribution < 1.29 is 19.1 Å². The van der Waals surface area contributed by atoms with E-state index in [4.69, 9.17) is 4.74 Å². The van der Waals surface area contributed by atoms with Gasteiger partial charge in [0.25, 0.3) is 11.1 Å². The fourth-order valence-corrected chi connectivity index (χ4v) is 6.85. The molecule has 2 aliphatic rings. The second kappa shape index (κ2) is 11.2. The van der Waals surface area contributed by atoms with Gasteiger partial charge in [0.15, 0.2) is 0 Å². The molecule has 0 unspecified atom stereocenters. The number of rotatable bonds is 6. The predicted molar refractivity (Wildman–Crippen MR) is 154 cm³/mol. The van der Waals surface area contributed by atoms with Crippen molar-refractivity contribution in [1.29, 1.82) is 0 Å². The van der Waals surface area contributed by atoms with E-state index in [1.165, 1.54) is 3.57 Å². The molecule has 2 heterocycles. The molecule has 0 aliphatic carbocycles. The number of hydrogen-bond acceptors (Lipinski definition) is 5. The summed E-state index contributed by atoms with van der Waals surface area (Å²) >= 11 is 7.58. The standard InChI is InChI=1S/C23H19I3N2O4S/c24-16-5-3-14(4-6-16)13-32-21-17(25)9-15(10-18(21)26)11-19-22(30)28(23(31)33-19)12-20(29)27-7-1-2-8-27/h3-6,9-11H,1-2,7-8,12-13H2/b19-11+. The molecule has 2 aliphatic heterocycles. The zero-order valence-corrected chi connectivity index (χ0v) is 24.6. The number of carbonyl (C=O) groups is 3. The van der Waals surface area contributed by atoms with Crippen LogP contribution < -0.4 is 4.74 Å². The number of ether oxygens (including phenoxy) is 1. The second-order valence-electron chi connectivity index (χ2n) is 7.58. The lowest BCUT2D eigenvalue weighted by molar-refractivity contribution is -0.135. The lowest BCUT2D eigenvalue weighted by atomic mass is 10.2. The van der Waals surface area contributed by atoms with Crippen molar-refractivity contribution in [2.45, 2.75) is 19.4 Å². The molecule has 0 aromatic heterocycles. The van der Waals surface area contributed by atoms with E-state index >= 15 is 0 Å². The van der Waals surface area contributed by atoms with Crippen LogP contribution in [0.2, 0.25) is 0 Å². The first-order valence-corrected chi connectivity index (χ1v) is 14.3. The van der Waals surface area contributed by atoms with Gasteiger partial charge >= 0.3 is 0 Å². The molecule has 0 radical (unpaired) electrons. The molecule has 172 valence electrons. The number of amides is 3. The van der Waals surface area contributed by atoms with Crippen molar-refractivity contribution >= 4 is 103 Å². The Morgan fingerprint density at radius 1 is 1.03 bits per heavy atom. The number of likely N-dealkylation sites (tertiary alicyclic amines) is 1. The highest BCUT2D eigenvalue weighted by Gasteiger charge is 2.37. The summed E-state index contributed by atoms with van der Waals surface area (Å²) in [6.45, 7) is 1.66. The van der Waals surface area contributed by atoms with Gasteiger partial charge in [0.2, 0.25) is 5.91 Å². The lowest BCUT2D eigenvalue weighted by Gasteiger charge is -2.18.